The van der Waals surface area contributed by atoms with E-state index in [0.29, 0.717) is 31.4 Å². The quantitative estimate of drug-likeness (QED) is 0.298. The van der Waals surface area contributed by atoms with E-state index in [0.717, 1.165) is 39.9 Å². The van der Waals surface area contributed by atoms with Gasteiger partial charge in [0.15, 0.2) is 0 Å². The van der Waals surface area contributed by atoms with Crippen LogP contribution < -0.4 is 10.6 Å². The van der Waals surface area contributed by atoms with Crippen molar-refractivity contribution in [1.82, 2.24) is 25.1 Å². The minimum atomic E-state index is -0.854. The number of nitrogens with zero attached hydrogens (tertiary/aromatic N) is 5. The number of nitrogen functional groups attached to an aromatic ring is 1. The van der Waals surface area contributed by atoms with E-state index < -0.39 is 6.09 Å². The standard InChI is InChI=1S/C26H25N7O2S/c27-25-28-8-5-23(30-25)33(15-16-6-9-32(10-7-16)26(34)35)19-11-18-14-29-31-24(18)20(13-19)22-12-17-3-1-2-4-21(17)36-22/h1-5,8,11-14,16H,6-7,9-10,15H2,(H,29,31)(H,34,35)(H2,27,28,30). The van der Waals surface area contributed by atoms with Gasteiger partial charge in [0.1, 0.15) is 5.82 Å². The van der Waals surface area contributed by atoms with Crippen LogP contribution in [0.4, 0.5) is 22.2 Å². The van der Waals surface area contributed by atoms with Crippen molar-refractivity contribution in [3.63, 3.8) is 0 Å². The highest BCUT2D eigenvalue weighted by Gasteiger charge is 2.26. The molecular weight excluding hydrogens is 474 g/mol. The molecule has 1 amide bonds. The highest BCUT2D eigenvalue weighted by molar-refractivity contribution is 7.22. The van der Waals surface area contributed by atoms with Crippen LogP contribution in [-0.4, -0.2) is 55.9 Å². The molecule has 36 heavy (non-hydrogen) atoms. The first-order valence-corrected chi connectivity index (χ1v) is 12.7. The number of amides is 1. The number of piperidine rings is 1. The summed E-state index contributed by atoms with van der Waals surface area (Å²) < 4.78 is 1.23. The van der Waals surface area contributed by atoms with Crippen LogP contribution in [-0.2, 0) is 0 Å². The predicted octanol–water partition coefficient (Wildman–Crippen LogP) is 5.34. The molecule has 1 fully saturated rings. The summed E-state index contributed by atoms with van der Waals surface area (Å²) >= 11 is 1.75. The van der Waals surface area contributed by atoms with E-state index in [2.05, 4.69) is 67.5 Å². The fourth-order valence-electron chi connectivity index (χ4n) is 4.92. The molecule has 2 aromatic carbocycles. The summed E-state index contributed by atoms with van der Waals surface area (Å²) in [7, 11) is 0. The van der Waals surface area contributed by atoms with E-state index >= 15 is 0 Å². The molecule has 1 aliphatic heterocycles. The van der Waals surface area contributed by atoms with Gasteiger partial charge in [0.05, 0.1) is 11.7 Å². The Hall–Kier alpha value is -4.18. The molecule has 9 nitrogen and oxygen atoms in total. The summed E-state index contributed by atoms with van der Waals surface area (Å²) in [6.07, 6.45) is 4.24. The molecule has 0 spiro atoms. The van der Waals surface area contributed by atoms with Crippen LogP contribution in [0.25, 0.3) is 31.4 Å². The van der Waals surface area contributed by atoms with E-state index in [1.165, 1.54) is 15.0 Å². The van der Waals surface area contributed by atoms with Gasteiger partial charge in [-0.15, -0.1) is 11.3 Å². The second kappa shape index (κ2) is 9.12. The van der Waals surface area contributed by atoms with Crippen molar-refractivity contribution in [3.8, 4) is 10.4 Å². The number of likely N-dealkylation sites (tertiary alicyclic amines) is 1. The van der Waals surface area contributed by atoms with Gasteiger partial charge in [-0.05, 0) is 54.5 Å². The van der Waals surface area contributed by atoms with E-state index in [-0.39, 0.29) is 5.95 Å². The van der Waals surface area contributed by atoms with Crippen molar-refractivity contribution in [1.29, 1.82) is 0 Å². The minimum Gasteiger partial charge on any atom is -0.465 e. The number of aromatic nitrogens is 4. The maximum Gasteiger partial charge on any atom is 0.407 e. The third-order valence-corrected chi connectivity index (χ3v) is 7.95. The third-order valence-electron chi connectivity index (χ3n) is 6.80. The van der Waals surface area contributed by atoms with Crippen LogP contribution >= 0.6 is 11.3 Å². The zero-order valence-electron chi connectivity index (χ0n) is 19.5. The van der Waals surface area contributed by atoms with Crippen LogP contribution in [0.1, 0.15) is 12.8 Å². The number of anilines is 3. The summed E-state index contributed by atoms with van der Waals surface area (Å²) in [6, 6.07) is 16.7. The molecule has 0 bridgehead atoms. The van der Waals surface area contributed by atoms with Gasteiger partial charge in [-0.25, -0.2) is 9.78 Å². The smallest absolute Gasteiger partial charge is 0.407 e. The molecule has 5 aromatic rings. The maximum atomic E-state index is 11.4. The number of carboxylic acid groups (broad SMARTS) is 1. The highest BCUT2D eigenvalue weighted by Crippen LogP contribution is 2.40. The Balaban J connectivity index is 1.42. The summed E-state index contributed by atoms with van der Waals surface area (Å²) in [6.45, 7) is 1.76. The molecule has 0 aliphatic carbocycles. The van der Waals surface area contributed by atoms with Crippen LogP contribution in [0.5, 0.6) is 0 Å². The molecule has 0 radical (unpaired) electrons. The topological polar surface area (TPSA) is 124 Å². The van der Waals surface area contributed by atoms with E-state index in [9.17, 15) is 9.90 Å². The van der Waals surface area contributed by atoms with Gasteiger partial charge >= 0.3 is 6.09 Å². The molecule has 4 N–H and O–H groups in total. The second-order valence-electron chi connectivity index (χ2n) is 9.07. The van der Waals surface area contributed by atoms with E-state index in [1.54, 1.807) is 17.5 Å². The molecule has 10 heteroatoms. The van der Waals surface area contributed by atoms with Crippen molar-refractivity contribution >= 4 is 55.9 Å². The lowest BCUT2D eigenvalue weighted by Gasteiger charge is -2.34. The predicted molar refractivity (Wildman–Crippen MR) is 143 cm³/mol. The van der Waals surface area contributed by atoms with Gasteiger partial charge in [0, 0.05) is 52.0 Å². The summed E-state index contributed by atoms with van der Waals surface area (Å²) in [5.41, 5.74) is 9.01. The zero-order chi connectivity index (χ0) is 24.6. The number of H-pyrrole nitrogens is 1. The molecule has 4 heterocycles. The summed E-state index contributed by atoms with van der Waals surface area (Å²) in [5.74, 6) is 1.24. The molecule has 0 saturated carbocycles. The monoisotopic (exact) mass is 499 g/mol. The molecule has 1 saturated heterocycles. The normalized spacial score (nSPS) is 14.5. The zero-order valence-corrected chi connectivity index (χ0v) is 20.3. The van der Waals surface area contributed by atoms with Gasteiger partial charge in [0.2, 0.25) is 5.95 Å². The van der Waals surface area contributed by atoms with Crippen molar-refractivity contribution in [2.75, 3.05) is 30.3 Å². The Labute approximate surface area is 211 Å². The highest BCUT2D eigenvalue weighted by atomic mass is 32.1. The number of rotatable bonds is 5. The number of fused-ring (bicyclic) bond motifs is 2. The average Bonchev–Trinajstić information content (AvgIpc) is 3.54. The third kappa shape index (κ3) is 4.20. The largest absolute Gasteiger partial charge is 0.465 e. The molecule has 1 aliphatic rings. The van der Waals surface area contributed by atoms with Crippen LogP contribution in [0.3, 0.4) is 0 Å². The number of nitrogens with two attached hydrogens (primary N) is 1. The number of thiophene rings is 1. The molecule has 182 valence electrons. The fraction of sp³-hybridized carbons (Fsp3) is 0.231. The molecular formula is C26H25N7O2S. The van der Waals surface area contributed by atoms with Gasteiger partial charge in [-0.1, -0.05) is 18.2 Å². The Morgan fingerprint density at radius 1 is 1.17 bits per heavy atom. The number of benzene rings is 2. The first-order valence-electron chi connectivity index (χ1n) is 11.8. The van der Waals surface area contributed by atoms with Crippen molar-refractivity contribution in [2.24, 2.45) is 5.92 Å². The number of carbonyl (C=O) groups is 1. The molecule has 0 atom stereocenters. The van der Waals surface area contributed by atoms with Crippen molar-refractivity contribution in [2.45, 2.75) is 12.8 Å². The first kappa shape index (κ1) is 22.3. The van der Waals surface area contributed by atoms with E-state index in [4.69, 9.17) is 5.73 Å². The van der Waals surface area contributed by atoms with Gasteiger partial charge in [-0.3, -0.25) is 5.10 Å². The van der Waals surface area contributed by atoms with Crippen molar-refractivity contribution in [3.05, 3.63) is 60.9 Å². The van der Waals surface area contributed by atoms with Crippen LogP contribution in [0.15, 0.2) is 60.9 Å². The van der Waals surface area contributed by atoms with Gasteiger partial charge in [0.25, 0.3) is 0 Å². The second-order valence-corrected chi connectivity index (χ2v) is 10.2. The Bertz CT molecular complexity index is 1520. The Morgan fingerprint density at radius 2 is 2.00 bits per heavy atom. The molecule has 3 aromatic heterocycles. The Kier molecular flexibility index (Phi) is 5.65. The fourth-order valence-corrected chi connectivity index (χ4v) is 6.00. The number of hydrogen-bond donors (Lipinski definition) is 3. The lowest BCUT2D eigenvalue weighted by atomic mass is 9.96. The van der Waals surface area contributed by atoms with Gasteiger partial charge < -0.3 is 20.6 Å². The van der Waals surface area contributed by atoms with E-state index in [1.807, 2.05) is 12.3 Å². The SMILES string of the molecule is Nc1nccc(N(CC2CCN(C(=O)O)CC2)c2cc(-c3cc4ccccc4s3)c3[nH]ncc3c2)n1. The lowest BCUT2D eigenvalue weighted by Crippen LogP contribution is -2.40. The van der Waals surface area contributed by atoms with Gasteiger partial charge in [-0.2, -0.15) is 10.1 Å². The first-order chi connectivity index (χ1) is 17.5. The maximum absolute atomic E-state index is 11.4. The summed E-state index contributed by atoms with van der Waals surface area (Å²) in [5, 5.41) is 19.1. The molecule has 0 unspecified atom stereocenters. The minimum absolute atomic E-state index is 0.215. The van der Waals surface area contributed by atoms with Crippen LogP contribution in [0.2, 0.25) is 0 Å². The lowest BCUT2D eigenvalue weighted by molar-refractivity contribution is 0.125. The summed E-state index contributed by atoms with van der Waals surface area (Å²) in [4.78, 5) is 24.8. The molecule has 6 rings (SSSR count). The number of hydrogen-bond acceptors (Lipinski definition) is 7. The number of nitrogens with one attached hydrogen (secondary N) is 1. The Morgan fingerprint density at radius 3 is 2.78 bits per heavy atom. The average molecular weight is 500 g/mol. The van der Waals surface area contributed by atoms with Crippen molar-refractivity contribution < 1.29 is 9.90 Å². The number of aromatic amines is 1. The van der Waals surface area contributed by atoms with Crippen LogP contribution in [0, 0.1) is 5.92 Å².